The van der Waals surface area contributed by atoms with Crippen LogP contribution in [0, 0.1) is 0 Å². The highest BCUT2D eigenvalue weighted by Gasteiger charge is 2.18. The van der Waals surface area contributed by atoms with Gasteiger partial charge in [0.15, 0.2) is 0 Å². The van der Waals surface area contributed by atoms with Gasteiger partial charge in [-0.25, -0.2) is 0 Å². The van der Waals surface area contributed by atoms with Crippen LogP contribution in [0.15, 0.2) is 53.0 Å². The molecular weight excluding hydrogens is 316 g/mol. The van der Waals surface area contributed by atoms with Gasteiger partial charge in [-0.1, -0.05) is 53.2 Å². The normalized spacial score (nSPS) is 13.8. The zero-order valence-electron chi connectivity index (χ0n) is 11.7. The van der Waals surface area contributed by atoms with E-state index in [1.54, 1.807) is 7.11 Å². The van der Waals surface area contributed by atoms with E-state index in [-0.39, 0.29) is 5.92 Å². The predicted molar refractivity (Wildman–Crippen MR) is 85.3 cm³/mol. The Morgan fingerprint density at radius 2 is 1.85 bits per heavy atom. The minimum absolute atomic E-state index is 0.0919. The van der Waals surface area contributed by atoms with E-state index in [2.05, 4.69) is 28.1 Å². The molecule has 106 valence electrons. The quantitative estimate of drug-likeness (QED) is 0.889. The van der Waals surface area contributed by atoms with E-state index in [0.29, 0.717) is 6.42 Å². The molecule has 2 nitrogen and oxygen atoms in total. The molecular formula is C17H19BrO2. The van der Waals surface area contributed by atoms with Crippen LogP contribution in [0.2, 0.25) is 0 Å². The van der Waals surface area contributed by atoms with E-state index in [1.807, 2.05) is 43.3 Å². The Labute approximate surface area is 128 Å². The third-order valence-corrected chi connectivity index (χ3v) is 4.36. The maximum absolute atomic E-state index is 10.5. The van der Waals surface area contributed by atoms with Gasteiger partial charge in [0.2, 0.25) is 0 Å². The molecule has 0 saturated carbocycles. The molecule has 0 aliphatic rings. The first-order chi connectivity index (χ1) is 9.61. The van der Waals surface area contributed by atoms with Crippen LogP contribution in [0.3, 0.4) is 0 Å². The maximum Gasteiger partial charge on any atom is 0.119 e. The van der Waals surface area contributed by atoms with Gasteiger partial charge in [0.05, 0.1) is 13.2 Å². The summed E-state index contributed by atoms with van der Waals surface area (Å²) in [6.45, 7) is 2.05. The van der Waals surface area contributed by atoms with Gasteiger partial charge in [-0.2, -0.15) is 0 Å². The van der Waals surface area contributed by atoms with Crippen LogP contribution in [0.4, 0.5) is 0 Å². The van der Waals surface area contributed by atoms with Gasteiger partial charge in [-0.3, -0.25) is 0 Å². The monoisotopic (exact) mass is 334 g/mol. The van der Waals surface area contributed by atoms with E-state index in [1.165, 1.54) is 0 Å². The molecule has 1 N–H and O–H groups in total. The highest BCUT2D eigenvalue weighted by molar-refractivity contribution is 9.10. The van der Waals surface area contributed by atoms with Crippen LogP contribution in [0.25, 0.3) is 0 Å². The molecule has 2 rings (SSSR count). The largest absolute Gasteiger partial charge is 0.497 e. The van der Waals surface area contributed by atoms with Gasteiger partial charge >= 0.3 is 0 Å². The van der Waals surface area contributed by atoms with Crippen molar-refractivity contribution in [2.24, 2.45) is 0 Å². The average molecular weight is 335 g/mol. The van der Waals surface area contributed by atoms with Gasteiger partial charge in [0.25, 0.3) is 0 Å². The summed E-state index contributed by atoms with van der Waals surface area (Å²) in [5.74, 6) is 0.900. The molecule has 20 heavy (non-hydrogen) atoms. The van der Waals surface area contributed by atoms with Gasteiger partial charge < -0.3 is 9.84 Å². The van der Waals surface area contributed by atoms with Crippen molar-refractivity contribution in [2.75, 3.05) is 7.11 Å². The fourth-order valence-corrected chi connectivity index (χ4v) is 2.62. The lowest BCUT2D eigenvalue weighted by atomic mass is 9.91. The summed E-state index contributed by atoms with van der Waals surface area (Å²) in [5, 5.41) is 10.5. The van der Waals surface area contributed by atoms with Gasteiger partial charge in [0, 0.05) is 16.8 Å². The number of rotatable bonds is 5. The lowest BCUT2D eigenvalue weighted by Crippen LogP contribution is -2.19. The second kappa shape index (κ2) is 6.91. The first-order valence-electron chi connectivity index (χ1n) is 6.67. The third-order valence-electron chi connectivity index (χ3n) is 3.58. The van der Waals surface area contributed by atoms with Crippen molar-refractivity contribution in [3.05, 3.63) is 64.1 Å². The summed E-state index contributed by atoms with van der Waals surface area (Å²) in [5.41, 5.74) is 2.21. The van der Waals surface area contributed by atoms with Gasteiger partial charge in [-0.15, -0.1) is 0 Å². The molecule has 0 aliphatic heterocycles. The van der Waals surface area contributed by atoms with Crippen molar-refractivity contribution >= 4 is 15.9 Å². The molecule has 0 aromatic heterocycles. The smallest absolute Gasteiger partial charge is 0.119 e. The molecule has 0 aliphatic carbocycles. The minimum Gasteiger partial charge on any atom is -0.497 e. The first kappa shape index (κ1) is 15.1. The maximum atomic E-state index is 10.5. The second-order valence-electron chi connectivity index (χ2n) is 4.93. The lowest BCUT2D eigenvalue weighted by Gasteiger charge is -2.20. The minimum atomic E-state index is -0.430. The number of ether oxygens (including phenoxy) is 1. The van der Waals surface area contributed by atoms with Crippen LogP contribution in [0.1, 0.15) is 24.0 Å². The summed E-state index contributed by atoms with van der Waals surface area (Å²) < 4.78 is 6.23. The van der Waals surface area contributed by atoms with E-state index in [4.69, 9.17) is 4.74 Å². The van der Waals surface area contributed by atoms with Crippen molar-refractivity contribution in [1.29, 1.82) is 0 Å². The summed E-state index contributed by atoms with van der Waals surface area (Å²) in [7, 11) is 1.65. The SMILES string of the molecule is COc1ccc(Br)c(CC(O)C(C)c2ccccc2)c1. The van der Waals surface area contributed by atoms with Gasteiger partial charge in [0.1, 0.15) is 5.75 Å². The molecule has 0 saturated heterocycles. The molecule has 0 bridgehead atoms. The molecule has 0 radical (unpaired) electrons. The summed E-state index contributed by atoms with van der Waals surface area (Å²) in [6, 6.07) is 15.9. The fraction of sp³-hybridized carbons (Fsp3) is 0.294. The van der Waals surface area contributed by atoms with Crippen LogP contribution >= 0.6 is 15.9 Å². The molecule has 2 aromatic carbocycles. The molecule has 0 spiro atoms. The standard InChI is InChI=1S/C17H19BrO2/c1-12(13-6-4-3-5-7-13)17(19)11-14-10-15(20-2)8-9-16(14)18/h3-10,12,17,19H,11H2,1-2H3. The molecule has 3 heteroatoms. The molecule has 0 fully saturated rings. The Morgan fingerprint density at radius 3 is 2.50 bits per heavy atom. The molecule has 2 aromatic rings. The Hall–Kier alpha value is -1.32. The Bertz CT molecular complexity index is 554. The highest BCUT2D eigenvalue weighted by Crippen LogP contribution is 2.27. The van der Waals surface area contributed by atoms with Crippen molar-refractivity contribution in [2.45, 2.75) is 25.4 Å². The lowest BCUT2D eigenvalue weighted by molar-refractivity contribution is 0.149. The average Bonchev–Trinajstić information content (AvgIpc) is 2.49. The van der Waals surface area contributed by atoms with Crippen LogP contribution in [-0.2, 0) is 6.42 Å². The Balaban J connectivity index is 2.13. The molecule has 2 atom stereocenters. The van der Waals surface area contributed by atoms with Crippen LogP contribution in [0.5, 0.6) is 5.75 Å². The van der Waals surface area contributed by atoms with Crippen molar-refractivity contribution in [1.82, 2.24) is 0 Å². The van der Waals surface area contributed by atoms with Crippen LogP contribution in [-0.4, -0.2) is 18.3 Å². The Morgan fingerprint density at radius 1 is 1.15 bits per heavy atom. The fourth-order valence-electron chi connectivity index (χ4n) is 2.22. The number of aliphatic hydroxyl groups excluding tert-OH is 1. The van der Waals surface area contributed by atoms with Crippen molar-refractivity contribution < 1.29 is 9.84 Å². The summed E-state index contributed by atoms with van der Waals surface area (Å²) >= 11 is 3.53. The highest BCUT2D eigenvalue weighted by atomic mass is 79.9. The van der Waals surface area contributed by atoms with Crippen LogP contribution < -0.4 is 4.74 Å². The first-order valence-corrected chi connectivity index (χ1v) is 7.46. The van der Waals surface area contributed by atoms with Gasteiger partial charge in [-0.05, 0) is 29.3 Å². The number of benzene rings is 2. The number of hydrogen-bond acceptors (Lipinski definition) is 2. The zero-order chi connectivity index (χ0) is 14.5. The van der Waals surface area contributed by atoms with E-state index in [9.17, 15) is 5.11 Å². The van der Waals surface area contributed by atoms with Crippen molar-refractivity contribution in [3.8, 4) is 5.75 Å². The topological polar surface area (TPSA) is 29.5 Å². The van der Waals surface area contributed by atoms with E-state index >= 15 is 0 Å². The summed E-state index contributed by atoms with van der Waals surface area (Å²) in [4.78, 5) is 0. The number of hydrogen-bond donors (Lipinski definition) is 1. The van der Waals surface area contributed by atoms with Crippen molar-refractivity contribution in [3.63, 3.8) is 0 Å². The molecule has 2 unspecified atom stereocenters. The van der Waals surface area contributed by atoms with E-state index < -0.39 is 6.10 Å². The second-order valence-corrected chi connectivity index (χ2v) is 5.78. The van der Waals surface area contributed by atoms with E-state index in [0.717, 1.165) is 21.3 Å². The Kier molecular flexibility index (Phi) is 5.21. The molecule has 0 amide bonds. The number of halogens is 1. The molecule has 0 heterocycles. The summed E-state index contributed by atoms with van der Waals surface area (Å²) in [6.07, 6.45) is 0.161. The number of aliphatic hydroxyl groups is 1. The third kappa shape index (κ3) is 3.62. The number of methoxy groups -OCH3 is 1. The zero-order valence-corrected chi connectivity index (χ0v) is 13.3. The predicted octanol–water partition coefficient (Wildman–Crippen LogP) is 4.16.